The Kier molecular flexibility index (Phi) is 7.45. The van der Waals surface area contributed by atoms with E-state index in [9.17, 15) is 0 Å². The first kappa shape index (κ1) is 21.4. The zero-order valence-electron chi connectivity index (χ0n) is 18.4. The molecule has 0 radical (unpaired) electrons. The van der Waals surface area contributed by atoms with Crippen LogP contribution in [0.5, 0.6) is 11.5 Å². The standard InChI is InChI=1S/C15H16.C14H14O/c1-12-6-8-14(9-7-12)11-15-5-3-4-13(2)10-15;1-11-3-7-13(8-4-11)15-14-9-5-12(2)6-10-14/h3-10H,11H2,1-2H3;3-10H,1-2H3. The van der Waals surface area contributed by atoms with Crippen molar-refractivity contribution in [3.8, 4) is 11.5 Å². The summed E-state index contributed by atoms with van der Waals surface area (Å²) in [6.45, 7) is 8.39. The fraction of sp³-hybridized carbons (Fsp3) is 0.172. The number of aryl methyl sites for hydroxylation is 4. The third kappa shape index (κ3) is 6.93. The Morgan fingerprint density at radius 2 is 0.933 bits per heavy atom. The highest BCUT2D eigenvalue weighted by Gasteiger charge is 1.97. The molecule has 0 fully saturated rings. The van der Waals surface area contributed by atoms with Gasteiger partial charge in [-0.2, -0.15) is 0 Å². The van der Waals surface area contributed by atoms with Crippen LogP contribution in [0, 0.1) is 27.7 Å². The zero-order chi connectivity index (χ0) is 21.3. The van der Waals surface area contributed by atoms with Crippen LogP contribution in [0.3, 0.4) is 0 Å². The summed E-state index contributed by atoms with van der Waals surface area (Å²) < 4.78 is 5.69. The normalized spacial score (nSPS) is 10.1. The van der Waals surface area contributed by atoms with Crippen LogP contribution in [0.4, 0.5) is 0 Å². The van der Waals surface area contributed by atoms with E-state index in [-0.39, 0.29) is 0 Å². The second kappa shape index (κ2) is 10.5. The van der Waals surface area contributed by atoms with Gasteiger partial charge in [0.15, 0.2) is 0 Å². The van der Waals surface area contributed by atoms with Crippen LogP contribution in [-0.4, -0.2) is 0 Å². The molecule has 4 aromatic rings. The Hall–Kier alpha value is -3.32. The van der Waals surface area contributed by atoms with E-state index in [1.807, 2.05) is 48.5 Å². The molecule has 0 aliphatic carbocycles. The van der Waals surface area contributed by atoms with Crippen molar-refractivity contribution in [2.75, 3.05) is 0 Å². The van der Waals surface area contributed by atoms with Gasteiger partial charge in [-0.1, -0.05) is 95.1 Å². The van der Waals surface area contributed by atoms with Gasteiger partial charge in [-0.25, -0.2) is 0 Å². The van der Waals surface area contributed by atoms with Crippen LogP contribution < -0.4 is 4.74 Å². The van der Waals surface area contributed by atoms with Gasteiger partial charge in [0.05, 0.1) is 0 Å². The lowest BCUT2D eigenvalue weighted by Crippen LogP contribution is -1.88. The van der Waals surface area contributed by atoms with E-state index in [4.69, 9.17) is 4.74 Å². The minimum Gasteiger partial charge on any atom is -0.457 e. The molecule has 1 heteroatoms. The quantitative estimate of drug-likeness (QED) is 0.341. The predicted molar refractivity (Wildman–Crippen MR) is 128 cm³/mol. The van der Waals surface area contributed by atoms with Gasteiger partial charge in [0.1, 0.15) is 11.5 Å². The van der Waals surface area contributed by atoms with Crippen LogP contribution in [0.15, 0.2) is 97.1 Å². The summed E-state index contributed by atoms with van der Waals surface area (Å²) in [6, 6.07) is 33.6. The molecular formula is C29H30O. The molecule has 4 aromatic carbocycles. The van der Waals surface area contributed by atoms with Crippen molar-refractivity contribution in [1.82, 2.24) is 0 Å². The molecule has 0 heterocycles. The minimum atomic E-state index is 0.879. The van der Waals surface area contributed by atoms with Gasteiger partial charge in [0.25, 0.3) is 0 Å². The Bertz CT molecular complexity index is 999. The highest BCUT2D eigenvalue weighted by Crippen LogP contribution is 2.21. The van der Waals surface area contributed by atoms with Crippen LogP contribution in [0.1, 0.15) is 33.4 Å². The Balaban J connectivity index is 0.000000171. The third-order valence-electron chi connectivity index (χ3n) is 4.89. The van der Waals surface area contributed by atoms with Gasteiger partial charge in [-0.15, -0.1) is 0 Å². The van der Waals surface area contributed by atoms with E-state index in [0.29, 0.717) is 0 Å². The Labute approximate surface area is 181 Å². The number of hydrogen-bond acceptors (Lipinski definition) is 1. The van der Waals surface area contributed by atoms with Crippen molar-refractivity contribution >= 4 is 0 Å². The van der Waals surface area contributed by atoms with E-state index in [2.05, 4.69) is 76.2 Å². The first-order chi connectivity index (χ1) is 14.5. The summed E-state index contributed by atoms with van der Waals surface area (Å²) >= 11 is 0. The smallest absolute Gasteiger partial charge is 0.127 e. The van der Waals surface area contributed by atoms with Crippen molar-refractivity contribution < 1.29 is 4.74 Å². The molecule has 0 atom stereocenters. The average Bonchev–Trinajstić information content (AvgIpc) is 2.74. The summed E-state index contributed by atoms with van der Waals surface area (Å²) in [5.74, 6) is 1.76. The molecule has 0 amide bonds. The molecule has 0 aromatic heterocycles. The molecule has 4 rings (SSSR count). The maximum atomic E-state index is 5.69. The second-order valence-electron chi connectivity index (χ2n) is 7.88. The lowest BCUT2D eigenvalue weighted by molar-refractivity contribution is 0.482. The van der Waals surface area contributed by atoms with Crippen LogP contribution in [-0.2, 0) is 6.42 Å². The number of ether oxygens (including phenoxy) is 1. The molecule has 0 saturated carbocycles. The molecule has 0 aliphatic heterocycles. The van der Waals surface area contributed by atoms with Gasteiger partial charge < -0.3 is 4.74 Å². The van der Waals surface area contributed by atoms with Crippen LogP contribution >= 0.6 is 0 Å². The maximum Gasteiger partial charge on any atom is 0.127 e. The summed E-state index contributed by atoms with van der Waals surface area (Å²) in [4.78, 5) is 0. The lowest BCUT2D eigenvalue weighted by Gasteiger charge is -2.05. The average molecular weight is 395 g/mol. The largest absolute Gasteiger partial charge is 0.457 e. The van der Waals surface area contributed by atoms with E-state index in [1.54, 1.807) is 0 Å². The molecule has 0 saturated heterocycles. The summed E-state index contributed by atoms with van der Waals surface area (Å²) in [6.07, 6.45) is 1.03. The first-order valence-corrected chi connectivity index (χ1v) is 10.4. The van der Waals surface area contributed by atoms with E-state index >= 15 is 0 Å². The second-order valence-corrected chi connectivity index (χ2v) is 7.88. The fourth-order valence-electron chi connectivity index (χ4n) is 3.11. The maximum absolute atomic E-state index is 5.69. The number of benzene rings is 4. The summed E-state index contributed by atoms with van der Waals surface area (Å²) in [7, 11) is 0. The van der Waals surface area contributed by atoms with Gasteiger partial charge in [0, 0.05) is 0 Å². The highest BCUT2D eigenvalue weighted by molar-refractivity contribution is 5.34. The number of rotatable bonds is 4. The van der Waals surface area contributed by atoms with Gasteiger partial charge in [-0.05, 0) is 69.5 Å². The van der Waals surface area contributed by atoms with E-state index in [1.165, 1.54) is 33.4 Å². The molecule has 0 unspecified atom stereocenters. The monoisotopic (exact) mass is 394 g/mol. The third-order valence-corrected chi connectivity index (χ3v) is 4.89. The van der Waals surface area contributed by atoms with Crippen LogP contribution in [0.2, 0.25) is 0 Å². The van der Waals surface area contributed by atoms with E-state index < -0.39 is 0 Å². The molecule has 30 heavy (non-hydrogen) atoms. The Morgan fingerprint density at radius 1 is 0.467 bits per heavy atom. The zero-order valence-corrected chi connectivity index (χ0v) is 18.4. The van der Waals surface area contributed by atoms with Crippen molar-refractivity contribution in [2.45, 2.75) is 34.1 Å². The van der Waals surface area contributed by atoms with Crippen molar-refractivity contribution in [3.05, 3.63) is 130 Å². The Morgan fingerprint density at radius 3 is 1.40 bits per heavy atom. The van der Waals surface area contributed by atoms with E-state index in [0.717, 1.165) is 17.9 Å². The van der Waals surface area contributed by atoms with Gasteiger partial charge in [0.2, 0.25) is 0 Å². The van der Waals surface area contributed by atoms with Crippen molar-refractivity contribution in [1.29, 1.82) is 0 Å². The lowest BCUT2D eigenvalue weighted by atomic mass is 10.0. The minimum absolute atomic E-state index is 0.879. The van der Waals surface area contributed by atoms with Gasteiger partial charge >= 0.3 is 0 Å². The fourth-order valence-corrected chi connectivity index (χ4v) is 3.11. The van der Waals surface area contributed by atoms with Gasteiger partial charge in [-0.3, -0.25) is 0 Å². The highest BCUT2D eigenvalue weighted by atomic mass is 16.5. The molecule has 0 N–H and O–H groups in total. The first-order valence-electron chi connectivity index (χ1n) is 10.4. The molecule has 1 nitrogen and oxygen atoms in total. The number of hydrogen-bond donors (Lipinski definition) is 0. The molecular weight excluding hydrogens is 364 g/mol. The van der Waals surface area contributed by atoms with Crippen molar-refractivity contribution in [2.24, 2.45) is 0 Å². The van der Waals surface area contributed by atoms with Crippen LogP contribution in [0.25, 0.3) is 0 Å². The topological polar surface area (TPSA) is 9.23 Å². The molecule has 0 spiro atoms. The summed E-state index contributed by atoms with van der Waals surface area (Å²) in [5.41, 5.74) is 7.91. The van der Waals surface area contributed by atoms with Crippen molar-refractivity contribution in [3.63, 3.8) is 0 Å². The predicted octanol–water partition coefficient (Wildman–Crippen LogP) is 7.99. The SMILES string of the molecule is Cc1ccc(Cc2cccc(C)c2)cc1.Cc1ccc(Oc2ccc(C)cc2)cc1. The molecule has 0 bridgehead atoms. The molecule has 152 valence electrons. The molecule has 0 aliphatic rings. The summed E-state index contributed by atoms with van der Waals surface area (Å²) in [5, 5.41) is 0.